The van der Waals surface area contributed by atoms with Crippen molar-refractivity contribution in [2.75, 3.05) is 33.0 Å². The Hall–Kier alpha value is -1.79. The number of aliphatic hydroxyl groups excluding tert-OH is 7. The first-order valence-corrected chi connectivity index (χ1v) is 28.6. The molecule has 71 heavy (non-hydrogen) atoms. The minimum atomic E-state index is -1.71. The first-order chi connectivity index (χ1) is 34.6. The van der Waals surface area contributed by atoms with E-state index in [2.05, 4.69) is 50.3 Å². The standard InChI is InChI=1S/C57H104O14/c1-3-5-7-9-11-13-15-17-19-20-21-22-23-24-25-26-27-28-30-32-34-36-38-40-49(59)69-46(43-66-41-39-37-35-33-31-29-18-16-14-12-10-8-6-4-2)44-67-56-55(65)53(63)51(61)48(71-56)45-68-57-54(64)52(62)50(60)47(42-58)70-57/h15,17,20-21,23-24,46-48,50-58,60-65H,3-14,16,18-19,22,25-45H2,1-2H3/b17-15-,21-20-,24-23-. The summed E-state index contributed by atoms with van der Waals surface area (Å²) in [6.07, 6.45) is 34.8. The first kappa shape index (κ1) is 65.3. The lowest BCUT2D eigenvalue weighted by Crippen LogP contribution is -2.61. The van der Waals surface area contributed by atoms with E-state index in [1.54, 1.807) is 0 Å². The van der Waals surface area contributed by atoms with Gasteiger partial charge in [0.2, 0.25) is 0 Å². The van der Waals surface area contributed by atoms with Crippen molar-refractivity contribution in [3.63, 3.8) is 0 Å². The third-order valence-electron chi connectivity index (χ3n) is 13.7. The summed E-state index contributed by atoms with van der Waals surface area (Å²) in [4.78, 5) is 13.1. The van der Waals surface area contributed by atoms with Crippen LogP contribution in [0.2, 0.25) is 0 Å². The minimum Gasteiger partial charge on any atom is -0.457 e. The molecule has 2 heterocycles. The van der Waals surface area contributed by atoms with E-state index >= 15 is 0 Å². The molecule has 2 aliphatic heterocycles. The van der Waals surface area contributed by atoms with Gasteiger partial charge in [-0.25, -0.2) is 0 Å². The zero-order valence-corrected chi connectivity index (χ0v) is 44.5. The Morgan fingerprint density at radius 2 is 0.873 bits per heavy atom. The number of unbranched alkanes of at least 4 members (excludes halogenated alkanes) is 26. The zero-order chi connectivity index (χ0) is 51.6. The molecule has 14 heteroatoms. The van der Waals surface area contributed by atoms with Crippen LogP contribution in [0.1, 0.15) is 219 Å². The van der Waals surface area contributed by atoms with Crippen molar-refractivity contribution in [1.29, 1.82) is 0 Å². The van der Waals surface area contributed by atoms with Crippen molar-refractivity contribution in [3.8, 4) is 0 Å². The van der Waals surface area contributed by atoms with E-state index in [0.29, 0.717) is 13.0 Å². The summed E-state index contributed by atoms with van der Waals surface area (Å²) in [5.74, 6) is -0.381. The van der Waals surface area contributed by atoms with Gasteiger partial charge in [0.15, 0.2) is 12.6 Å². The molecule has 2 aliphatic rings. The maximum Gasteiger partial charge on any atom is 0.306 e. The molecule has 0 spiro atoms. The van der Waals surface area contributed by atoms with Crippen molar-refractivity contribution >= 4 is 5.97 Å². The molecule has 2 saturated heterocycles. The van der Waals surface area contributed by atoms with Crippen molar-refractivity contribution in [1.82, 2.24) is 0 Å². The van der Waals surface area contributed by atoms with Gasteiger partial charge in [0.1, 0.15) is 54.9 Å². The Morgan fingerprint density at radius 1 is 0.465 bits per heavy atom. The number of hydrogen-bond donors (Lipinski definition) is 7. The van der Waals surface area contributed by atoms with Gasteiger partial charge >= 0.3 is 5.97 Å². The van der Waals surface area contributed by atoms with Gasteiger partial charge in [-0.05, 0) is 51.4 Å². The largest absolute Gasteiger partial charge is 0.457 e. The molecule has 0 aliphatic carbocycles. The highest BCUT2D eigenvalue weighted by atomic mass is 16.7. The molecule has 11 unspecified atom stereocenters. The molecule has 2 fully saturated rings. The Kier molecular flexibility index (Phi) is 40.9. The van der Waals surface area contributed by atoms with Gasteiger partial charge in [0.05, 0.1) is 26.4 Å². The van der Waals surface area contributed by atoms with E-state index in [4.69, 9.17) is 28.4 Å². The fraction of sp³-hybridized carbons (Fsp3) is 0.877. The van der Waals surface area contributed by atoms with Crippen LogP contribution in [0.5, 0.6) is 0 Å². The number of esters is 1. The smallest absolute Gasteiger partial charge is 0.306 e. The SMILES string of the molecule is CCCCCCC/C=C\C/C=C\C/C=C\CCCCCCCCCCC(=O)OC(COCCCCCCCCCCCCCCCC)COC1OC(COC2OC(CO)C(O)C(O)C2O)C(O)C(O)C1O. The summed E-state index contributed by atoms with van der Waals surface area (Å²) < 4.78 is 34.4. The molecule has 14 nitrogen and oxygen atoms in total. The molecule has 416 valence electrons. The van der Waals surface area contributed by atoms with Gasteiger partial charge in [-0.2, -0.15) is 0 Å². The summed E-state index contributed by atoms with van der Waals surface area (Å²) in [6.45, 7) is 3.70. The molecule has 0 radical (unpaired) electrons. The molecule has 11 atom stereocenters. The number of allylic oxidation sites excluding steroid dienone is 6. The molecule has 7 N–H and O–H groups in total. The molecular weight excluding hydrogens is 909 g/mol. The van der Waals surface area contributed by atoms with Gasteiger partial charge in [0.25, 0.3) is 0 Å². The molecule has 0 aromatic carbocycles. The second-order valence-electron chi connectivity index (χ2n) is 20.1. The van der Waals surface area contributed by atoms with Crippen LogP contribution in [0.3, 0.4) is 0 Å². The quantitative estimate of drug-likeness (QED) is 0.0172. The summed E-state index contributed by atoms with van der Waals surface area (Å²) in [5, 5.41) is 72.3. The Morgan fingerprint density at radius 3 is 1.37 bits per heavy atom. The highest BCUT2D eigenvalue weighted by molar-refractivity contribution is 5.69. The van der Waals surface area contributed by atoms with Crippen molar-refractivity contribution in [3.05, 3.63) is 36.5 Å². The summed E-state index contributed by atoms with van der Waals surface area (Å²) in [7, 11) is 0. The zero-order valence-electron chi connectivity index (χ0n) is 44.5. The van der Waals surface area contributed by atoms with E-state index < -0.39 is 80.7 Å². The number of carbonyl (C=O) groups is 1. The van der Waals surface area contributed by atoms with E-state index in [0.717, 1.165) is 57.8 Å². The monoisotopic (exact) mass is 1010 g/mol. The van der Waals surface area contributed by atoms with Crippen LogP contribution >= 0.6 is 0 Å². The van der Waals surface area contributed by atoms with E-state index in [1.807, 2.05) is 0 Å². The van der Waals surface area contributed by atoms with Crippen molar-refractivity contribution in [2.24, 2.45) is 0 Å². The molecule has 0 aromatic rings. The number of ether oxygens (including phenoxy) is 6. The highest BCUT2D eigenvalue weighted by Gasteiger charge is 2.47. The van der Waals surface area contributed by atoms with E-state index in [1.165, 1.54) is 135 Å². The average Bonchev–Trinajstić information content (AvgIpc) is 3.37. The van der Waals surface area contributed by atoms with Gasteiger partial charge < -0.3 is 64.2 Å². The average molecular weight is 1010 g/mol. The normalized spacial score (nSPS) is 25.5. The maximum atomic E-state index is 13.1. The number of hydrogen-bond acceptors (Lipinski definition) is 14. The molecular formula is C57H104O14. The van der Waals surface area contributed by atoms with E-state index in [9.17, 15) is 40.5 Å². The summed E-state index contributed by atoms with van der Waals surface area (Å²) in [5.41, 5.74) is 0. The molecule has 0 amide bonds. The van der Waals surface area contributed by atoms with E-state index in [-0.39, 0.29) is 25.6 Å². The second kappa shape index (κ2) is 44.5. The van der Waals surface area contributed by atoms with Crippen LogP contribution in [-0.2, 0) is 33.2 Å². The minimum absolute atomic E-state index is 0.0614. The van der Waals surface area contributed by atoms with Gasteiger partial charge in [-0.15, -0.1) is 0 Å². The van der Waals surface area contributed by atoms with Gasteiger partial charge in [0, 0.05) is 13.0 Å². The summed E-state index contributed by atoms with van der Waals surface area (Å²) >= 11 is 0. The van der Waals surface area contributed by atoms with Crippen LogP contribution in [-0.4, -0.2) is 142 Å². The van der Waals surface area contributed by atoms with Crippen LogP contribution in [0.15, 0.2) is 36.5 Å². The highest BCUT2D eigenvalue weighted by Crippen LogP contribution is 2.27. The Bertz CT molecular complexity index is 1310. The molecule has 0 bridgehead atoms. The predicted molar refractivity (Wildman–Crippen MR) is 280 cm³/mol. The maximum absolute atomic E-state index is 13.1. The molecule has 0 aromatic heterocycles. The van der Waals surface area contributed by atoms with Crippen LogP contribution < -0.4 is 0 Å². The molecule has 2 rings (SSSR count). The lowest BCUT2D eigenvalue weighted by Gasteiger charge is -2.42. The summed E-state index contributed by atoms with van der Waals surface area (Å²) in [6, 6.07) is 0. The van der Waals surface area contributed by atoms with Gasteiger partial charge in [-0.3, -0.25) is 4.79 Å². The van der Waals surface area contributed by atoms with Crippen LogP contribution in [0, 0.1) is 0 Å². The number of aliphatic hydroxyl groups is 7. The van der Waals surface area contributed by atoms with Gasteiger partial charge in [-0.1, -0.05) is 198 Å². The van der Waals surface area contributed by atoms with Crippen molar-refractivity contribution < 1.29 is 69.0 Å². The molecule has 0 saturated carbocycles. The Balaban J connectivity index is 1.71. The fourth-order valence-corrected chi connectivity index (χ4v) is 9.00. The van der Waals surface area contributed by atoms with Crippen LogP contribution in [0.4, 0.5) is 0 Å². The van der Waals surface area contributed by atoms with Crippen molar-refractivity contribution in [2.45, 2.75) is 287 Å². The third-order valence-corrected chi connectivity index (χ3v) is 13.7. The number of carbonyl (C=O) groups excluding carboxylic acids is 1. The third kappa shape index (κ3) is 31.6. The fourth-order valence-electron chi connectivity index (χ4n) is 9.00. The number of rotatable bonds is 46. The lowest BCUT2D eigenvalue weighted by atomic mass is 9.98. The van der Waals surface area contributed by atoms with Crippen LogP contribution in [0.25, 0.3) is 0 Å². The topological polar surface area (TPSA) is 214 Å². The predicted octanol–water partition coefficient (Wildman–Crippen LogP) is 9.75. The Labute approximate surface area is 429 Å². The second-order valence-corrected chi connectivity index (χ2v) is 20.1. The lowest BCUT2D eigenvalue weighted by molar-refractivity contribution is -0.332. The first-order valence-electron chi connectivity index (χ1n) is 28.6.